The van der Waals surface area contributed by atoms with E-state index in [1.54, 1.807) is 18.2 Å². The first-order valence-corrected chi connectivity index (χ1v) is 9.81. The quantitative estimate of drug-likeness (QED) is 0.414. The van der Waals surface area contributed by atoms with Gasteiger partial charge in [-0.05, 0) is 41.5 Å². The third kappa shape index (κ3) is 4.70. The number of benzene rings is 3. The maximum Gasteiger partial charge on any atom is 0.293 e. The first-order valence-electron chi connectivity index (χ1n) is 9.44. The van der Waals surface area contributed by atoms with E-state index in [4.69, 9.17) is 21.1 Å². The fourth-order valence-corrected chi connectivity index (χ4v) is 3.34. The monoisotopic (exact) mass is 439 g/mol. The minimum absolute atomic E-state index is 0.172. The molecule has 8 nitrogen and oxygen atoms in total. The molecule has 0 fully saturated rings. The Hall–Kier alpha value is -3.78. The van der Waals surface area contributed by atoms with Gasteiger partial charge in [-0.3, -0.25) is 14.9 Å². The van der Waals surface area contributed by atoms with Crippen LogP contribution in [0.15, 0.2) is 60.7 Å². The molecule has 1 heterocycles. The smallest absolute Gasteiger partial charge is 0.293 e. The topological polar surface area (TPSA) is 103 Å². The van der Waals surface area contributed by atoms with E-state index in [-0.39, 0.29) is 24.6 Å². The Balaban J connectivity index is 1.44. The van der Waals surface area contributed by atoms with Crippen molar-refractivity contribution in [1.82, 2.24) is 5.32 Å². The van der Waals surface area contributed by atoms with Gasteiger partial charge in [-0.15, -0.1) is 0 Å². The Labute approximate surface area is 182 Å². The van der Waals surface area contributed by atoms with Crippen LogP contribution in [0.4, 0.5) is 11.4 Å². The molecule has 0 unspecified atom stereocenters. The largest absolute Gasteiger partial charge is 0.454 e. The van der Waals surface area contributed by atoms with Crippen LogP contribution in [0.1, 0.15) is 21.5 Å². The number of hydrogen-bond donors (Lipinski definition) is 2. The molecule has 0 spiro atoms. The van der Waals surface area contributed by atoms with Gasteiger partial charge >= 0.3 is 0 Å². The molecular weight excluding hydrogens is 422 g/mol. The van der Waals surface area contributed by atoms with E-state index >= 15 is 0 Å². The zero-order chi connectivity index (χ0) is 21.8. The highest BCUT2D eigenvalue weighted by Crippen LogP contribution is 2.32. The van der Waals surface area contributed by atoms with E-state index < -0.39 is 10.8 Å². The number of nitrogens with zero attached hydrogens (tertiary/aromatic N) is 1. The summed E-state index contributed by atoms with van der Waals surface area (Å²) in [5.41, 5.74) is 1.94. The fourth-order valence-electron chi connectivity index (χ4n) is 3.14. The lowest BCUT2D eigenvalue weighted by Gasteiger charge is -2.10. The molecule has 9 heteroatoms. The number of hydrogen-bond acceptors (Lipinski definition) is 6. The molecule has 2 N–H and O–H groups in total. The lowest BCUT2D eigenvalue weighted by Crippen LogP contribution is -2.23. The number of halogens is 1. The molecular formula is C22H18ClN3O5. The van der Waals surface area contributed by atoms with Crippen LogP contribution in [0.3, 0.4) is 0 Å². The minimum Gasteiger partial charge on any atom is -0.454 e. The molecule has 0 aliphatic carbocycles. The van der Waals surface area contributed by atoms with Gasteiger partial charge in [0.15, 0.2) is 11.5 Å². The van der Waals surface area contributed by atoms with Crippen LogP contribution in [0.2, 0.25) is 5.02 Å². The van der Waals surface area contributed by atoms with Crippen LogP contribution in [-0.2, 0) is 13.1 Å². The number of nitro benzene ring substituents is 1. The molecule has 31 heavy (non-hydrogen) atoms. The molecule has 3 aromatic carbocycles. The number of carbonyl (C=O) groups excluding carboxylic acids is 1. The Bertz CT molecular complexity index is 1150. The Morgan fingerprint density at radius 1 is 1.03 bits per heavy atom. The zero-order valence-electron chi connectivity index (χ0n) is 16.3. The van der Waals surface area contributed by atoms with Crippen molar-refractivity contribution in [2.75, 3.05) is 12.1 Å². The summed E-state index contributed by atoms with van der Waals surface area (Å²) in [5, 5.41) is 17.9. The van der Waals surface area contributed by atoms with E-state index in [0.29, 0.717) is 28.8 Å². The van der Waals surface area contributed by atoms with Crippen molar-refractivity contribution in [3.63, 3.8) is 0 Å². The fraction of sp³-hybridized carbons (Fsp3) is 0.136. The standard InChI is InChI=1S/C22H18ClN3O5/c23-17-4-2-1-3-16(17)12-24-18-7-6-15(10-19(18)26(28)29)22(27)25-11-14-5-8-20-21(9-14)31-13-30-20/h1-10,24H,11-13H2,(H,25,27). The highest BCUT2D eigenvalue weighted by atomic mass is 35.5. The van der Waals surface area contributed by atoms with Crippen molar-refractivity contribution in [3.8, 4) is 11.5 Å². The predicted octanol–water partition coefficient (Wildman–Crippen LogP) is 4.52. The van der Waals surface area contributed by atoms with E-state index in [1.165, 1.54) is 18.2 Å². The summed E-state index contributed by atoms with van der Waals surface area (Å²) in [6.45, 7) is 0.734. The highest BCUT2D eigenvalue weighted by molar-refractivity contribution is 6.31. The Kier molecular flexibility index (Phi) is 5.90. The summed E-state index contributed by atoms with van der Waals surface area (Å²) in [7, 11) is 0. The zero-order valence-corrected chi connectivity index (χ0v) is 17.0. The summed E-state index contributed by atoms with van der Waals surface area (Å²) in [6, 6.07) is 16.9. The molecule has 1 aliphatic heterocycles. The molecule has 1 aliphatic rings. The lowest BCUT2D eigenvalue weighted by atomic mass is 10.1. The molecule has 0 saturated carbocycles. The van der Waals surface area contributed by atoms with Crippen molar-refractivity contribution in [2.45, 2.75) is 13.1 Å². The molecule has 1 amide bonds. The van der Waals surface area contributed by atoms with Crippen LogP contribution >= 0.6 is 11.6 Å². The maximum absolute atomic E-state index is 12.5. The Morgan fingerprint density at radius 3 is 2.65 bits per heavy atom. The number of fused-ring (bicyclic) bond motifs is 1. The average molecular weight is 440 g/mol. The highest BCUT2D eigenvalue weighted by Gasteiger charge is 2.18. The first-order chi connectivity index (χ1) is 15.0. The van der Waals surface area contributed by atoms with E-state index in [2.05, 4.69) is 10.6 Å². The van der Waals surface area contributed by atoms with Crippen LogP contribution < -0.4 is 20.1 Å². The van der Waals surface area contributed by atoms with Crippen molar-refractivity contribution >= 4 is 28.9 Å². The molecule has 0 saturated heterocycles. The van der Waals surface area contributed by atoms with Gasteiger partial charge in [-0.2, -0.15) is 0 Å². The summed E-state index contributed by atoms with van der Waals surface area (Å²) >= 11 is 6.13. The number of ether oxygens (including phenoxy) is 2. The van der Waals surface area contributed by atoms with Gasteiger partial charge in [-0.1, -0.05) is 35.9 Å². The molecule has 0 radical (unpaired) electrons. The molecule has 0 bridgehead atoms. The molecule has 3 aromatic rings. The van der Waals surface area contributed by atoms with Crippen molar-refractivity contribution < 1.29 is 19.2 Å². The molecule has 0 atom stereocenters. The average Bonchev–Trinajstić information content (AvgIpc) is 3.24. The summed E-state index contributed by atoms with van der Waals surface area (Å²) in [4.78, 5) is 23.6. The van der Waals surface area contributed by atoms with Crippen LogP contribution in [0, 0.1) is 10.1 Å². The van der Waals surface area contributed by atoms with Gasteiger partial charge in [0.25, 0.3) is 11.6 Å². The van der Waals surface area contributed by atoms with Crippen molar-refractivity contribution in [3.05, 3.63) is 92.5 Å². The number of amides is 1. The first kappa shape index (κ1) is 20.5. The van der Waals surface area contributed by atoms with E-state index in [0.717, 1.165) is 11.1 Å². The van der Waals surface area contributed by atoms with E-state index in [1.807, 2.05) is 24.3 Å². The van der Waals surface area contributed by atoms with Gasteiger partial charge in [-0.25, -0.2) is 0 Å². The molecule has 158 valence electrons. The number of nitro groups is 1. The lowest BCUT2D eigenvalue weighted by molar-refractivity contribution is -0.384. The summed E-state index contributed by atoms with van der Waals surface area (Å²) in [5.74, 6) is 0.861. The van der Waals surface area contributed by atoms with Gasteiger partial charge in [0.05, 0.1) is 4.92 Å². The van der Waals surface area contributed by atoms with Gasteiger partial charge in [0, 0.05) is 29.7 Å². The van der Waals surface area contributed by atoms with Crippen LogP contribution in [0.5, 0.6) is 11.5 Å². The van der Waals surface area contributed by atoms with Gasteiger partial charge in [0.2, 0.25) is 6.79 Å². The maximum atomic E-state index is 12.5. The number of nitrogens with one attached hydrogen (secondary N) is 2. The van der Waals surface area contributed by atoms with Crippen molar-refractivity contribution in [1.29, 1.82) is 0 Å². The second-order valence-corrected chi connectivity index (χ2v) is 7.21. The normalized spacial score (nSPS) is 11.8. The van der Waals surface area contributed by atoms with Gasteiger partial charge in [0.1, 0.15) is 5.69 Å². The second-order valence-electron chi connectivity index (χ2n) is 6.80. The SMILES string of the molecule is O=C(NCc1ccc2c(c1)OCO2)c1ccc(NCc2ccccc2Cl)c([N+](=O)[O-])c1. The third-order valence-electron chi connectivity index (χ3n) is 4.77. The minimum atomic E-state index is -0.524. The second kappa shape index (κ2) is 8.93. The summed E-state index contributed by atoms with van der Waals surface area (Å²) in [6.07, 6.45) is 0. The molecule has 0 aromatic heterocycles. The summed E-state index contributed by atoms with van der Waals surface area (Å²) < 4.78 is 10.6. The van der Waals surface area contributed by atoms with Crippen molar-refractivity contribution in [2.24, 2.45) is 0 Å². The molecule has 4 rings (SSSR count). The number of rotatable bonds is 7. The van der Waals surface area contributed by atoms with Crippen LogP contribution in [0.25, 0.3) is 0 Å². The number of anilines is 1. The van der Waals surface area contributed by atoms with Crippen LogP contribution in [-0.4, -0.2) is 17.6 Å². The van der Waals surface area contributed by atoms with Gasteiger partial charge < -0.3 is 20.1 Å². The number of carbonyl (C=O) groups is 1. The third-order valence-corrected chi connectivity index (χ3v) is 5.14. The van der Waals surface area contributed by atoms with E-state index in [9.17, 15) is 14.9 Å². The Morgan fingerprint density at radius 2 is 1.84 bits per heavy atom. The predicted molar refractivity (Wildman–Crippen MR) is 116 cm³/mol.